The minimum absolute atomic E-state index is 0.0791. The standard InChI is InChI=1S/C13H17F3N2O/c1-8-7-18(5-4-12(8)19)11-3-2-9(6-10(11)17)13(14,15)16/h2-3,6,8,12,19H,4-5,7,17H2,1H3. The van der Waals surface area contributed by atoms with E-state index < -0.39 is 11.7 Å². The van der Waals surface area contributed by atoms with Gasteiger partial charge in [-0.3, -0.25) is 0 Å². The zero-order chi connectivity index (χ0) is 14.2. The zero-order valence-corrected chi connectivity index (χ0v) is 10.6. The lowest BCUT2D eigenvalue weighted by Crippen LogP contribution is -2.42. The summed E-state index contributed by atoms with van der Waals surface area (Å²) in [6, 6.07) is 3.41. The number of anilines is 2. The van der Waals surface area contributed by atoms with Crippen molar-refractivity contribution < 1.29 is 18.3 Å². The highest BCUT2D eigenvalue weighted by atomic mass is 19.4. The van der Waals surface area contributed by atoms with Gasteiger partial charge in [0.25, 0.3) is 0 Å². The Kier molecular flexibility index (Phi) is 3.62. The maximum absolute atomic E-state index is 12.6. The first kappa shape index (κ1) is 14.0. The van der Waals surface area contributed by atoms with Gasteiger partial charge in [-0.05, 0) is 30.5 Å². The Balaban J connectivity index is 2.22. The molecule has 1 fully saturated rings. The van der Waals surface area contributed by atoms with Gasteiger partial charge in [0.1, 0.15) is 0 Å². The largest absolute Gasteiger partial charge is 0.416 e. The Bertz CT molecular complexity index is 462. The molecule has 3 N–H and O–H groups in total. The van der Waals surface area contributed by atoms with Gasteiger partial charge < -0.3 is 15.7 Å². The fourth-order valence-electron chi connectivity index (χ4n) is 2.37. The van der Waals surface area contributed by atoms with Gasteiger partial charge in [0.15, 0.2) is 0 Å². The number of nitrogen functional groups attached to an aromatic ring is 1. The fraction of sp³-hybridized carbons (Fsp3) is 0.538. The molecule has 0 spiro atoms. The monoisotopic (exact) mass is 274 g/mol. The van der Waals surface area contributed by atoms with Crippen LogP contribution in [0.3, 0.4) is 0 Å². The van der Waals surface area contributed by atoms with Crippen molar-refractivity contribution in [2.75, 3.05) is 23.7 Å². The molecule has 3 nitrogen and oxygen atoms in total. The van der Waals surface area contributed by atoms with Crippen molar-refractivity contribution in [1.82, 2.24) is 0 Å². The molecule has 1 aliphatic rings. The highest BCUT2D eigenvalue weighted by Gasteiger charge is 2.32. The summed E-state index contributed by atoms with van der Waals surface area (Å²) in [7, 11) is 0. The van der Waals surface area contributed by atoms with E-state index in [4.69, 9.17) is 5.73 Å². The molecular formula is C13H17F3N2O. The van der Waals surface area contributed by atoms with E-state index in [1.54, 1.807) is 0 Å². The van der Waals surface area contributed by atoms with Crippen LogP contribution < -0.4 is 10.6 Å². The number of nitrogens with two attached hydrogens (primary N) is 1. The van der Waals surface area contributed by atoms with Crippen LogP contribution in [0, 0.1) is 5.92 Å². The second-order valence-corrected chi connectivity index (χ2v) is 5.05. The number of piperidine rings is 1. The molecule has 1 aromatic rings. The van der Waals surface area contributed by atoms with Crippen molar-refractivity contribution in [2.45, 2.75) is 25.6 Å². The summed E-state index contributed by atoms with van der Waals surface area (Å²) in [4.78, 5) is 1.92. The number of rotatable bonds is 1. The predicted octanol–water partition coefficient (Wildman–Crippen LogP) is 2.49. The van der Waals surface area contributed by atoms with Crippen molar-refractivity contribution in [3.05, 3.63) is 23.8 Å². The summed E-state index contributed by atoms with van der Waals surface area (Å²) < 4.78 is 37.7. The van der Waals surface area contributed by atoms with Crippen LogP contribution in [0.5, 0.6) is 0 Å². The molecule has 1 aliphatic heterocycles. The zero-order valence-electron chi connectivity index (χ0n) is 10.6. The van der Waals surface area contributed by atoms with Crippen LogP contribution in [0.25, 0.3) is 0 Å². The number of hydrogen-bond acceptors (Lipinski definition) is 3. The molecule has 0 aliphatic carbocycles. The summed E-state index contributed by atoms with van der Waals surface area (Å²) >= 11 is 0. The lowest BCUT2D eigenvalue weighted by Gasteiger charge is -2.36. The molecule has 0 amide bonds. The van der Waals surface area contributed by atoms with E-state index in [1.807, 2.05) is 11.8 Å². The predicted molar refractivity (Wildman–Crippen MR) is 67.9 cm³/mol. The smallest absolute Gasteiger partial charge is 0.397 e. The minimum atomic E-state index is -4.38. The quantitative estimate of drug-likeness (QED) is 0.774. The Hall–Kier alpha value is -1.43. The van der Waals surface area contributed by atoms with Crippen LogP contribution in [0.4, 0.5) is 24.5 Å². The molecule has 2 unspecified atom stereocenters. The van der Waals surface area contributed by atoms with E-state index in [1.165, 1.54) is 6.07 Å². The molecule has 0 saturated carbocycles. The van der Waals surface area contributed by atoms with Gasteiger partial charge in [0.2, 0.25) is 0 Å². The Morgan fingerprint density at radius 3 is 2.58 bits per heavy atom. The molecule has 0 radical (unpaired) electrons. The van der Waals surface area contributed by atoms with Crippen molar-refractivity contribution in [3.63, 3.8) is 0 Å². The SMILES string of the molecule is CC1CN(c2ccc(C(F)(F)F)cc2N)CCC1O. The number of nitrogens with zero attached hydrogens (tertiary/aromatic N) is 1. The fourth-order valence-corrected chi connectivity index (χ4v) is 2.37. The van der Waals surface area contributed by atoms with Gasteiger partial charge in [-0.15, -0.1) is 0 Å². The first-order chi connectivity index (χ1) is 8.79. The number of aliphatic hydroxyl groups is 1. The van der Waals surface area contributed by atoms with Crippen LogP contribution in [0.2, 0.25) is 0 Å². The second kappa shape index (κ2) is 4.92. The van der Waals surface area contributed by atoms with E-state index >= 15 is 0 Å². The number of alkyl halides is 3. The second-order valence-electron chi connectivity index (χ2n) is 5.05. The minimum Gasteiger partial charge on any atom is -0.397 e. The third-order valence-corrected chi connectivity index (χ3v) is 3.56. The van der Waals surface area contributed by atoms with Crippen LogP contribution >= 0.6 is 0 Å². The Morgan fingerprint density at radius 1 is 1.37 bits per heavy atom. The van der Waals surface area contributed by atoms with Crippen molar-refractivity contribution in [2.24, 2.45) is 5.92 Å². The summed E-state index contributed by atoms with van der Waals surface area (Å²) in [6.07, 6.45) is -4.13. The highest BCUT2D eigenvalue weighted by molar-refractivity contribution is 5.69. The third kappa shape index (κ3) is 2.94. The van der Waals surface area contributed by atoms with Crippen molar-refractivity contribution in [1.29, 1.82) is 0 Å². The van der Waals surface area contributed by atoms with Crippen molar-refractivity contribution >= 4 is 11.4 Å². The first-order valence-electron chi connectivity index (χ1n) is 6.19. The molecule has 0 bridgehead atoms. The normalized spacial score (nSPS) is 24.6. The van der Waals surface area contributed by atoms with Gasteiger partial charge >= 0.3 is 6.18 Å². The topological polar surface area (TPSA) is 49.5 Å². The molecule has 6 heteroatoms. The first-order valence-corrected chi connectivity index (χ1v) is 6.19. The summed E-state index contributed by atoms with van der Waals surface area (Å²) in [5.41, 5.74) is 5.71. The van der Waals surface area contributed by atoms with Crippen LogP contribution in [-0.4, -0.2) is 24.3 Å². The van der Waals surface area contributed by atoms with Gasteiger partial charge in [0.05, 0.1) is 23.0 Å². The van der Waals surface area contributed by atoms with Gasteiger partial charge in [-0.2, -0.15) is 13.2 Å². The number of aliphatic hydroxyl groups excluding tert-OH is 1. The van der Waals surface area contributed by atoms with Crippen LogP contribution in [0.15, 0.2) is 18.2 Å². The van der Waals surface area contributed by atoms with Gasteiger partial charge in [-0.1, -0.05) is 6.92 Å². The molecule has 1 heterocycles. The summed E-state index contributed by atoms with van der Waals surface area (Å²) in [5.74, 6) is 0.0791. The van der Waals surface area contributed by atoms with E-state index in [0.717, 1.165) is 12.1 Å². The summed E-state index contributed by atoms with van der Waals surface area (Å²) in [5, 5.41) is 9.66. The van der Waals surface area contributed by atoms with E-state index in [0.29, 0.717) is 25.2 Å². The highest BCUT2D eigenvalue weighted by Crippen LogP contribution is 2.35. The molecule has 2 rings (SSSR count). The van der Waals surface area contributed by atoms with E-state index in [-0.39, 0.29) is 17.7 Å². The molecule has 0 aromatic heterocycles. The summed E-state index contributed by atoms with van der Waals surface area (Å²) in [6.45, 7) is 3.11. The molecule has 1 saturated heterocycles. The van der Waals surface area contributed by atoms with Gasteiger partial charge in [-0.25, -0.2) is 0 Å². The van der Waals surface area contributed by atoms with Gasteiger partial charge in [0, 0.05) is 13.1 Å². The maximum atomic E-state index is 12.6. The maximum Gasteiger partial charge on any atom is 0.416 e. The third-order valence-electron chi connectivity index (χ3n) is 3.56. The van der Waals surface area contributed by atoms with E-state index in [9.17, 15) is 18.3 Å². The molecule has 1 aromatic carbocycles. The molecular weight excluding hydrogens is 257 g/mol. The molecule has 19 heavy (non-hydrogen) atoms. The average molecular weight is 274 g/mol. The lowest BCUT2D eigenvalue weighted by atomic mass is 9.96. The molecule has 106 valence electrons. The Labute approximate surface area is 109 Å². The van der Waals surface area contributed by atoms with Crippen LogP contribution in [0.1, 0.15) is 18.9 Å². The Morgan fingerprint density at radius 2 is 2.05 bits per heavy atom. The average Bonchev–Trinajstić information content (AvgIpc) is 2.31. The number of hydrogen-bond donors (Lipinski definition) is 2. The molecule has 2 atom stereocenters. The number of benzene rings is 1. The van der Waals surface area contributed by atoms with Crippen LogP contribution in [-0.2, 0) is 6.18 Å². The van der Waals surface area contributed by atoms with Crippen molar-refractivity contribution in [3.8, 4) is 0 Å². The lowest BCUT2D eigenvalue weighted by molar-refractivity contribution is -0.137. The number of halogens is 3. The van der Waals surface area contributed by atoms with E-state index in [2.05, 4.69) is 0 Å².